The lowest BCUT2D eigenvalue weighted by molar-refractivity contribution is -0.138. The molecule has 0 bridgehead atoms. The van der Waals surface area contributed by atoms with E-state index in [4.69, 9.17) is 5.26 Å². The summed E-state index contributed by atoms with van der Waals surface area (Å²) in [5.41, 5.74) is -0.905. The molecule has 0 saturated carbocycles. The van der Waals surface area contributed by atoms with E-state index in [1.54, 1.807) is 0 Å². The summed E-state index contributed by atoms with van der Waals surface area (Å²) in [5.74, 6) is -0.172. The molecule has 0 fully saturated rings. The van der Waals surface area contributed by atoms with Gasteiger partial charge in [0.2, 0.25) is 5.91 Å². The largest absolute Gasteiger partial charge is 0.416 e. The van der Waals surface area contributed by atoms with Crippen LogP contribution in [0.2, 0.25) is 0 Å². The summed E-state index contributed by atoms with van der Waals surface area (Å²) in [6.07, 6.45) is -3.98. The number of halogens is 3. The molecule has 2 N–H and O–H groups in total. The third kappa shape index (κ3) is 5.44. The fraction of sp³-hybridized carbons (Fsp3) is 0.429. The first kappa shape index (κ1) is 17.0. The highest BCUT2D eigenvalue weighted by molar-refractivity contribution is 5.72. The third-order valence-electron chi connectivity index (χ3n) is 2.78. The second kappa shape index (κ2) is 7.64. The lowest BCUT2D eigenvalue weighted by Gasteiger charge is -2.17. The third-order valence-corrected chi connectivity index (χ3v) is 2.78. The maximum absolute atomic E-state index is 12.9. The number of nitrogens with zero attached hydrogens (tertiary/aromatic N) is 1. The standard InChI is InChI=1S/C14H16F3N3O/c1-10(21)19-7-4-8-20-13(9-18)11-5-2-3-6-12(11)14(15,16)17/h2-3,5-6,13,20H,4,7-8H2,1H3,(H,19,21). The molecule has 4 nitrogen and oxygen atoms in total. The van der Waals surface area contributed by atoms with Gasteiger partial charge in [-0.2, -0.15) is 18.4 Å². The summed E-state index contributed by atoms with van der Waals surface area (Å²) < 4.78 is 38.7. The van der Waals surface area contributed by atoms with Crippen LogP contribution in [0.3, 0.4) is 0 Å². The number of benzene rings is 1. The normalized spacial score (nSPS) is 12.5. The van der Waals surface area contributed by atoms with Gasteiger partial charge < -0.3 is 5.32 Å². The molecule has 1 rings (SSSR count). The van der Waals surface area contributed by atoms with Crippen LogP contribution in [0.4, 0.5) is 13.2 Å². The molecule has 0 aromatic heterocycles. The molecule has 7 heteroatoms. The maximum atomic E-state index is 12.9. The van der Waals surface area contributed by atoms with Crippen molar-refractivity contribution < 1.29 is 18.0 Å². The lowest BCUT2D eigenvalue weighted by atomic mass is 10.0. The number of hydrogen-bond donors (Lipinski definition) is 2. The van der Waals surface area contributed by atoms with Crippen molar-refractivity contribution in [2.75, 3.05) is 13.1 Å². The Morgan fingerprint density at radius 3 is 2.57 bits per heavy atom. The molecule has 21 heavy (non-hydrogen) atoms. The molecule has 1 unspecified atom stereocenters. The van der Waals surface area contributed by atoms with E-state index in [1.807, 2.05) is 6.07 Å². The fourth-order valence-electron chi connectivity index (χ4n) is 1.83. The highest BCUT2D eigenvalue weighted by atomic mass is 19.4. The number of nitrogens with one attached hydrogen (secondary N) is 2. The monoisotopic (exact) mass is 299 g/mol. The number of hydrogen-bond acceptors (Lipinski definition) is 3. The van der Waals surface area contributed by atoms with Crippen molar-refractivity contribution in [2.45, 2.75) is 25.6 Å². The van der Waals surface area contributed by atoms with Gasteiger partial charge in [-0.15, -0.1) is 0 Å². The first-order valence-electron chi connectivity index (χ1n) is 6.40. The summed E-state index contributed by atoms with van der Waals surface area (Å²) in [6.45, 7) is 2.11. The first-order chi connectivity index (χ1) is 9.86. The van der Waals surface area contributed by atoms with Crippen LogP contribution in [0.1, 0.15) is 30.5 Å². The van der Waals surface area contributed by atoms with E-state index in [2.05, 4.69) is 10.6 Å². The predicted octanol–water partition coefficient (Wildman–Crippen LogP) is 2.39. The predicted molar refractivity (Wildman–Crippen MR) is 71.1 cm³/mol. The Bertz CT molecular complexity index is 523. The van der Waals surface area contributed by atoms with E-state index in [1.165, 1.54) is 25.1 Å². The molecule has 0 radical (unpaired) electrons. The first-order valence-corrected chi connectivity index (χ1v) is 6.40. The van der Waals surface area contributed by atoms with Crippen LogP contribution in [-0.2, 0) is 11.0 Å². The molecule has 0 aliphatic heterocycles. The Hall–Kier alpha value is -2.07. The summed E-state index contributed by atoms with van der Waals surface area (Å²) >= 11 is 0. The van der Waals surface area contributed by atoms with E-state index in [9.17, 15) is 18.0 Å². The number of nitriles is 1. The Balaban J connectivity index is 2.69. The van der Waals surface area contributed by atoms with Gasteiger partial charge in [-0.25, -0.2) is 0 Å². The van der Waals surface area contributed by atoms with Gasteiger partial charge in [-0.3, -0.25) is 10.1 Å². The average molecular weight is 299 g/mol. The minimum absolute atomic E-state index is 0.0907. The Kier molecular flexibility index (Phi) is 6.18. The Labute approximate surface area is 121 Å². The van der Waals surface area contributed by atoms with Gasteiger partial charge in [0.1, 0.15) is 6.04 Å². The molecule has 0 spiro atoms. The van der Waals surface area contributed by atoms with Crippen molar-refractivity contribution in [3.8, 4) is 6.07 Å². The van der Waals surface area contributed by atoms with Gasteiger partial charge in [0.25, 0.3) is 0 Å². The van der Waals surface area contributed by atoms with E-state index < -0.39 is 17.8 Å². The van der Waals surface area contributed by atoms with Crippen LogP contribution in [-0.4, -0.2) is 19.0 Å². The minimum atomic E-state index is -4.50. The smallest absolute Gasteiger partial charge is 0.356 e. The van der Waals surface area contributed by atoms with Gasteiger partial charge in [0, 0.05) is 13.5 Å². The number of carbonyl (C=O) groups is 1. The molecule has 114 valence electrons. The van der Waals surface area contributed by atoms with Crippen LogP contribution < -0.4 is 10.6 Å². The van der Waals surface area contributed by atoms with Crippen LogP contribution >= 0.6 is 0 Å². The highest BCUT2D eigenvalue weighted by Gasteiger charge is 2.34. The van der Waals surface area contributed by atoms with Gasteiger partial charge in [-0.1, -0.05) is 18.2 Å². The van der Waals surface area contributed by atoms with Crippen molar-refractivity contribution in [1.29, 1.82) is 5.26 Å². The minimum Gasteiger partial charge on any atom is -0.356 e. The van der Waals surface area contributed by atoms with Crippen molar-refractivity contribution >= 4 is 5.91 Å². The maximum Gasteiger partial charge on any atom is 0.416 e. The molecule has 0 aliphatic carbocycles. The number of carbonyl (C=O) groups excluding carboxylic acids is 1. The number of amides is 1. The zero-order valence-electron chi connectivity index (χ0n) is 11.5. The van der Waals surface area contributed by atoms with E-state index in [0.29, 0.717) is 19.5 Å². The Morgan fingerprint density at radius 2 is 2.00 bits per heavy atom. The van der Waals surface area contributed by atoms with Crippen molar-refractivity contribution in [3.63, 3.8) is 0 Å². The summed E-state index contributed by atoms with van der Waals surface area (Å²) in [6, 6.07) is 5.79. The molecule has 0 saturated heterocycles. The topological polar surface area (TPSA) is 64.9 Å². The van der Waals surface area contributed by atoms with Crippen molar-refractivity contribution in [3.05, 3.63) is 35.4 Å². The lowest BCUT2D eigenvalue weighted by Crippen LogP contribution is -2.28. The zero-order chi connectivity index (χ0) is 15.9. The van der Waals surface area contributed by atoms with Crippen LogP contribution in [0, 0.1) is 11.3 Å². The fourth-order valence-corrected chi connectivity index (χ4v) is 1.83. The van der Waals surface area contributed by atoms with Crippen molar-refractivity contribution in [2.24, 2.45) is 0 Å². The van der Waals surface area contributed by atoms with Gasteiger partial charge in [0.05, 0.1) is 11.6 Å². The SMILES string of the molecule is CC(=O)NCCCNC(C#N)c1ccccc1C(F)(F)F. The molecule has 1 atom stereocenters. The highest BCUT2D eigenvalue weighted by Crippen LogP contribution is 2.34. The quantitative estimate of drug-likeness (QED) is 0.793. The second-order valence-corrected chi connectivity index (χ2v) is 4.44. The molecule has 1 amide bonds. The average Bonchev–Trinajstić information content (AvgIpc) is 2.41. The molecule has 0 heterocycles. The van der Waals surface area contributed by atoms with Crippen LogP contribution in [0.15, 0.2) is 24.3 Å². The molecule has 1 aromatic carbocycles. The second-order valence-electron chi connectivity index (χ2n) is 4.44. The number of alkyl halides is 3. The van der Waals surface area contributed by atoms with Gasteiger partial charge in [-0.05, 0) is 24.6 Å². The van der Waals surface area contributed by atoms with Crippen LogP contribution in [0.25, 0.3) is 0 Å². The van der Waals surface area contributed by atoms with Crippen LogP contribution in [0.5, 0.6) is 0 Å². The van der Waals surface area contributed by atoms with Gasteiger partial charge in [0.15, 0.2) is 0 Å². The molecular weight excluding hydrogens is 283 g/mol. The number of rotatable bonds is 6. The molecule has 1 aromatic rings. The van der Waals surface area contributed by atoms with E-state index in [-0.39, 0.29) is 11.5 Å². The van der Waals surface area contributed by atoms with E-state index in [0.717, 1.165) is 6.07 Å². The molecular formula is C14H16F3N3O. The van der Waals surface area contributed by atoms with Crippen molar-refractivity contribution in [1.82, 2.24) is 10.6 Å². The molecule has 0 aliphatic rings. The summed E-state index contributed by atoms with van der Waals surface area (Å²) in [5, 5.41) is 14.4. The van der Waals surface area contributed by atoms with E-state index >= 15 is 0 Å². The summed E-state index contributed by atoms with van der Waals surface area (Å²) in [4.78, 5) is 10.7. The van der Waals surface area contributed by atoms with Gasteiger partial charge >= 0.3 is 6.18 Å². The summed E-state index contributed by atoms with van der Waals surface area (Å²) in [7, 11) is 0. The Morgan fingerprint density at radius 1 is 1.33 bits per heavy atom. The zero-order valence-corrected chi connectivity index (χ0v) is 11.5.